The first-order valence-corrected chi connectivity index (χ1v) is 6.37. The summed E-state index contributed by atoms with van der Waals surface area (Å²) in [7, 11) is 0.136. The van der Waals surface area contributed by atoms with Gasteiger partial charge in [0.25, 0.3) is 0 Å². The quantitative estimate of drug-likeness (QED) is 0.518. The largest absolute Gasteiger partial charge is 0.127 e. The van der Waals surface area contributed by atoms with Gasteiger partial charge in [0, 0.05) is 4.90 Å². The lowest BCUT2D eigenvalue weighted by molar-refractivity contribution is 1.40. The Morgan fingerprint density at radius 2 is 2.20 bits per heavy atom. The highest BCUT2D eigenvalue weighted by Crippen LogP contribution is 2.19. The molecule has 1 aliphatic heterocycles. The molecule has 0 fully saturated rings. The van der Waals surface area contributed by atoms with Gasteiger partial charge < -0.3 is 0 Å². The third-order valence-corrected chi connectivity index (χ3v) is 5.65. The maximum Gasteiger partial charge on any atom is 0.0570 e. The molecule has 0 amide bonds. The minimum atomic E-state index is 0.136. The van der Waals surface area contributed by atoms with Crippen molar-refractivity contribution < 1.29 is 0 Å². The summed E-state index contributed by atoms with van der Waals surface area (Å²) in [5.74, 6) is 1.36. The first-order valence-electron chi connectivity index (χ1n) is 3.67. The van der Waals surface area contributed by atoms with Crippen LogP contribution in [0.25, 0.3) is 0 Å². The molecule has 0 aromatic heterocycles. The van der Waals surface area contributed by atoms with E-state index in [0.29, 0.717) is 0 Å². The summed E-state index contributed by atoms with van der Waals surface area (Å²) < 4.78 is 0. The van der Waals surface area contributed by atoms with Crippen LogP contribution < -0.4 is 5.19 Å². The number of hydrogen-bond acceptors (Lipinski definition) is 1. The Labute approximate surface area is 67.9 Å². The van der Waals surface area contributed by atoms with E-state index in [4.69, 9.17) is 0 Å². The van der Waals surface area contributed by atoms with Crippen LogP contribution >= 0.6 is 11.8 Å². The second kappa shape index (κ2) is 2.80. The number of thioether (sulfide) groups is 1. The molecule has 52 valence electrons. The Hall–Kier alpha value is -0.213. The Morgan fingerprint density at radius 1 is 1.30 bits per heavy atom. The van der Waals surface area contributed by atoms with Crippen LogP contribution in [-0.2, 0) is 0 Å². The van der Waals surface area contributed by atoms with Crippen LogP contribution in [0.3, 0.4) is 0 Å². The van der Waals surface area contributed by atoms with Crippen molar-refractivity contribution in [3.8, 4) is 0 Å². The average molecular weight is 166 g/mol. The highest BCUT2D eigenvalue weighted by molar-refractivity contribution is 7.99. The molecule has 0 atom stereocenters. The van der Waals surface area contributed by atoms with Gasteiger partial charge in [-0.1, -0.05) is 23.4 Å². The van der Waals surface area contributed by atoms with Crippen LogP contribution in [0.1, 0.15) is 0 Å². The van der Waals surface area contributed by atoms with E-state index >= 15 is 0 Å². The Kier molecular flexibility index (Phi) is 1.82. The molecule has 1 aliphatic rings. The van der Waals surface area contributed by atoms with Crippen molar-refractivity contribution in [2.75, 3.05) is 5.75 Å². The second-order valence-corrected chi connectivity index (χ2v) is 5.67. The molecule has 1 aromatic carbocycles. The molecule has 0 saturated heterocycles. The topological polar surface area (TPSA) is 0 Å². The molecule has 0 N–H and O–H groups in total. The molecule has 2 rings (SSSR count). The number of hydrogen-bond donors (Lipinski definition) is 0. The Balaban J connectivity index is 2.41. The molecule has 1 heterocycles. The summed E-state index contributed by atoms with van der Waals surface area (Å²) in [5, 5.41) is 1.68. The van der Waals surface area contributed by atoms with Gasteiger partial charge in [-0.25, -0.2) is 0 Å². The standard InChI is InChI=1S/C8H10SSi/c1-2-4-8-7(3-1)9-5-6-10-8/h1-4H,5-6,10H2. The number of benzene rings is 1. The van der Waals surface area contributed by atoms with E-state index < -0.39 is 0 Å². The lowest BCUT2D eigenvalue weighted by Gasteiger charge is -2.12. The molecule has 10 heavy (non-hydrogen) atoms. The van der Waals surface area contributed by atoms with Crippen molar-refractivity contribution in [1.82, 2.24) is 0 Å². The van der Waals surface area contributed by atoms with Crippen LogP contribution in [0.2, 0.25) is 6.04 Å². The van der Waals surface area contributed by atoms with Crippen LogP contribution in [0.4, 0.5) is 0 Å². The first-order chi connectivity index (χ1) is 4.97. The van der Waals surface area contributed by atoms with Crippen molar-refractivity contribution in [2.45, 2.75) is 10.9 Å². The van der Waals surface area contributed by atoms with E-state index in [-0.39, 0.29) is 9.52 Å². The molecule has 2 heteroatoms. The summed E-state index contributed by atoms with van der Waals surface area (Å²) in [6.07, 6.45) is 0. The van der Waals surface area contributed by atoms with Crippen LogP contribution in [0.15, 0.2) is 29.2 Å². The van der Waals surface area contributed by atoms with E-state index in [1.807, 2.05) is 11.8 Å². The van der Waals surface area contributed by atoms with Gasteiger partial charge in [-0.05, 0) is 17.9 Å². The third kappa shape index (κ3) is 1.13. The van der Waals surface area contributed by atoms with Gasteiger partial charge in [0.2, 0.25) is 0 Å². The molecule has 0 spiro atoms. The van der Waals surface area contributed by atoms with Gasteiger partial charge in [-0.2, -0.15) is 0 Å². The molecule has 0 unspecified atom stereocenters. The van der Waals surface area contributed by atoms with E-state index in [0.717, 1.165) is 0 Å². The lowest BCUT2D eigenvalue weighted by Crippen LogP contribution is -2.20. The van der Waals surface area contributed by atoms with Crippen LogP contribution in [0.5, 0.6) is 0 Å². The van der Waals surface area contributed by atoms with Crippen molar-refractivity contribution in [3.63, 3.8) is 0 Å². The number of fused-ring (bicyclic) bond motifs is 1. The maximum absolute atomic E-state index is 2.30. The fraction of sp³-hybridized carbons (Fsp3) is 0.250. The maximum atomic E-state index is 2.30. The van der Waals surface area contributed by atoms with E-state index in [1.54, 1.807) is 10.1 Å². The first kappa shape index (κ1) is 6.49. The molecule has 1 aromatic rings. The summed E-state index contributed by atoms with van der Waals surface area (Å²) >= 11 is 2.02. The van der Waals surface area contributed by atoms with Gasteiger partial charge in [-0.3, -0.25) is 0 Å². The van der Waals surface area contributed by atoms with Crippen molar-refractivity contribution in [1.29, 1.82) is 0 Å². The van der Waals surface area contributed by atoms with E-state index in [2.05, 4.69) is 24.3 Å². The average Bonchev–Trinajstić information content (AvgIpc) is 2.05. The molecule has 0 saturated carbocycles. The molecule has 0 radical (unpaired) electrons. The zero-order chi connectivity index (χ0) is 6.81. The van der Waals surface area contributed by atoms with Crippen molar-refractivity contribution in [3.05, 3.63) is 24.3 Å². The minimum absolute atomic E-state index is 0.136. The molecule has 0 nitrogen and oxygen atoms in total. The SMILES string of the molecule is c1ccc2c(c1)[SiH2]CCS2. The normalized spacial score (nSPS) is 18.8. The Morgan fingerprint density at radius 3 is 3.10 bits per heavy atom. The summed E-state index contributed by atoms with van der Waals surface area (Å²) in [5.41, 5.74) is 0. The highest BCUT2D eigenvalue weighted by Gasteiger charge is 2.07. The summed E-state index contributed by atoms with van der Waals surface area (Å²) in [6, 6.07) is 10.4. The molecule has 0 aliphatic carbocycles. The minimum Gasteiger partial charge on any atom is -0.127 e. The third-order valence-electron chi connectivity index (χ3n) is 1.82. The number of rotatable bonds is 0. The van der Waals surface area contributed by atoms with Gasteiger partial charge in [0.05, 0.1) is 9.52 Å². The van der Waals surface area contributed by atoms with Crippen LogP contribution in [0, 0.1) is 0 Å². The predicted molar refractivity (Wildman–Crippen MR) is 50.2 cm³/mol. The fourth-order valence-corrected chi connectivity index (χ4v) is 4.76. The summed E-state index contributed by atoms with van der Waals surface area (Å²) in [4.78, 5) is 1.56. The van der Waals surface area contributed by atoms with Crippen molar-refractivity contribution >= 4 is 26.5 Å². The molecule has 0 bridgehead atoms. The molecular weight excluding hydrogens is 156 g/mol. The monoisotopic (exact) mass is 166 g/mol. The highest BCUT2D eigenvalue weighted by atomic mass is 32.2. The van der Waals surface area contributed by atoms with Gasteiger partial charge in [-0.15, -0.1) is 11.8 Å². The van der Waals surface area contributed by atoms with E-state index in [1.165, 1.54) is 11.8 Å². The Bertz CT molecular complexity index is 209. The predicted octanol–water partition coefficient (Wildman–Crippen LogP) is 1.00. The second-order valence-electron chi connectivity index (χ2n) is 2.56. The van der Waals surface area contributed by atoms with Crippen molar-refractivity contribution in [2.24, 2.45) is 0 Å². The van der Waals surface area contributed by atoms with E-state index in [9.17, 15) is 0 Å². The fourth-order valence-electron chi connectivity index (χ4n) is 1.30. The summed E-state index contributed by atoms with van der Waals surface area (Å²) in [6.45, 7) is 0. The van der Waals surface area contributed by atoms with Gasteiger partial charge >= 0.3 is 0 Å². The zero-order valence-corrected chi connectivity index (χ0v) is 8.07. The molecular formula is C8H10SSi. The lowest BCUT2D eigenvalue weighted by atomic mass is 10.4. The van der Waals surface area contributed by atoms with Gasteiger partial charge in [0.15, 0.2) is 0 Å². The van der Waals surface area contributed by atoms with Crippen LogP contribution in [-0.4, -0.2) is 15.3 Å². The van der Waals surface area contributed by atoms with Gasteiger partial charge in [0.1, 0.15) is 0 Å². The zero-order valence-electron chi connectivity index (χ0n) is 5.84. The smallest absolute Gasteiger partial charge is 0.0570 e.